The Morgan fingerprint density at radius 2 is 1.84 bits per heavy atom. The van der Waals surface area contributed by atoms with Crippen LogP contribution in [0.25, 0.3) is 0 Å². The molecule has 0 fully saturated rings. The molecule has 2 unspecified atom stereocenters. The van der Waals surface area contributed by atoms with Gasteiger partial charge in [-0.15, -0.1) is 0 Å². The zero-order valence-corrected chi connectivity index (χ0v) is 11.1. The highest BCUT2D eigenvalue weighted by molar-refractivity contribution is 5.38. The average Bonchev–Trinajstić information content (AvgIpc) is 2.86. The van der Waals surface area contributed by atoms with Gasteiger partial charge in [0.05, 0.1) is 0 Å². The van der Waals surface area contributed by atoms with Gasteiger partial charge in [-0.2, -0.15) is 0 Å². The molecule has 0 saturated carbocycles. The van der Waals surface area contributed by atoms with Crippen LogP contribution in [-0.2, 0) is 6.42 Å². The smallest absolute Gasteiger partial charge is 0.128 e. The fraction of sp³-hybridized carbons (Fsp3) is 0.294. The Morgan fingerprint density at radius 3 is 2.63 bits per heavy atom. The molecular weight excluding hydrogens is 237 g/mol. The highest BCUT2D eigenvalue weighted by Crippen LogP contribution is 2.41. The van der Waals surface area contributed by atoms with Crippen LogP contribution in [0.5, 0.6) is 0 Å². The third-order valence-electron chi connectivity index (χ3n) is 4.13. The van der Waals surface area contributed by atoms with E-state index in [1.54, 1.807) is 12.1 Å². The van der Waals surface area contributed by atoms with E-state index in [1.807, 2.05) is 19.2 Å². The summed E-state index contributed by atoms with van der Waals surface area (Å²) in [7, 11) is 1.91. The van der Waals surface area contributed by atoms with E-state index in [2.05, 4.69) is 29.6 Å². The van der Waals surface area contributed by atoms with Gasteiger partial charge in [0.15, 0.2) is 0 Å². The number of halogens is 1. The van der Waals surface area contributed by atoms with Crippen molar-refractivity contribution in [3.8, 4) is 0 Å². The summed E-state index contributed by atoms with van der Waals surface area (Å²) >= 11 is 0. The van der Waals surface area contributed by atoms with Gasteiger partial charge in [-0.1, -0.05) is 42.5 Å². The first kappa shape index (κ1) is 12.4. The fourth-order valence-electron chi connectivity index (χ4n) is 3.24. The first-order chi connectivity index (χ1) is 9.31. The maximum atomic E-state index is 14.0. The molecule has 2 aromatic carbocycles. The lowest BCUT2D eigenvalue weighted by atomic mass is 9.88. The van der Waals surface area contributed by atoms with Crippen LogP contribution >= 0.6 is 0 Å². The van der Waals surface area contributed by atoms with E-state index in [4.69, 9.17) is 0 Å². The van der Waals surface area contributed by atoms with E-state index < -0.39 is 0 Å². The lowest BCUT2D eigenvalue weighted by Gasteiger charge is -2.25. The van der Waals surface area contributed by atoms with Crippen LogP contribution in [0.4, 0.5) is 4.39 Å². The summed E-state index contributed by atoms with van der Waals surface area (Å²) in [5.41, 5.74) is 3.54. The maximum absolute atomic E-state index is 14.0. The minimum atomic E-state index is -0.119. The largest absolute Gasteiger partial charge is 0.312 e. The van der Waals surface area contributed by atoms with Gasteiger partial charge >= 0.3 is 0 Å². The molecule has 3 rings (SSSR count). The van der Waals surface area contributed by atoms with E-state index in [1.165, 1.54) is 11.1 Å². The van der Waals surface area contributed by atoms with Gasteiger partial charge in [-0.3, -0.25) is 0 Å². The Labute approximate surface area is 113 Å². The Hall–Kier alpha value is -1.67. The molecule has 98 valence electrons. The minimum absolute atomic E-state index is 0.0462. The van der Waals surface area contributed by atoms with Crippen molar-refractivity contribution in [3.05, 3.63) is 71.0 Å². The molecule has 19 heavy (non-hydrogen) atoms. The van der Waals surface area contributed by atoms with Crippen LogP contribution in [0.1, 0.15) is 35.1 Å². The molecule has 0 aromatic heterocycles. The van der Waals surface area contributed by atoms with Crippen molar-refractivity contribution in [2.45, 2.75) is 24.8 Å². The third kappa shape index (κ3) is 2.17. The van der Waals surface area contributed by atoms with Gasteiger partial charge in [0.25, 0.3) is 0 Å². The summed E-state index contributed by atoms with van der Waals surface area (Å²) in [5.74, 6) is 0.240. The lowest BCUT2D eigenvalue weighted by molar-refractivity contribution is 0.454. The second-order valence-corrected chi connectivity index (χ2v) is 5.13. The zero-order valence-electron chi connectivity index (χ0n) is 11.1. The molecular formula is C17H18FN. The molecule has 1 aliphatic rings. The number of hydrogen-bond donors (Lipinski definition) is 1. The number of likely N-dealkylation sites (N-methyl/N-ethyl adjacent to an activating group) is 1. The molecule has 2 heteroatoms. The summed E-state index contributed by atoms with van der Waals surface area (Å²) < 4.78 is 14.0. The zero-order chi connectivity index (χ0) is 13.2. The monoisotopic (exact) mass is 255 g/mol. The Morgan fingerprint density at radius 1 is 1.11 bits per heavy atom. The topological polar surface area (TPSA) is 12.0 Å². The molecule has 0 amide bonds. The van der Waals surface area contributed by atoms with Gasteiger partial charge in [-0.05, 0) is 37.1 Å². The van der Waals surface area contributed by atoms with Gasteiger partial charge in [0.1, 0.15) is 5.82 Å². The summed E-state index contributed by atoms with van der Waals surface area (Å²) in [4.78, 5) is 0. The molecule has 1 N–H and O–H groups in total. The maximum Gasteiger partial charge on any atom is 0.128 e. The van der Waals surface area contributed by atoms with Crippen LogP contribution in [0.2, 0.25) is 0 Å². The molecule has 0 spiro atoms. The molecule has 1 nitrogen and oxygen atoms in total. The molecule has 0 bridgehead atoms. The van der Waals surface area contributed by atoms with Crippen molar-refractivity contribution < 1.29 is 4.39 Å². The summed E-state index contributed by atoms with van der Waals surface area (Å²) in [6.45, 7) is 0. The van der Waals surface area contributed by atoms with E-state index in [9.17, 15) is 4.39 Å². The first-order valence-electron chi connectivity index (χ1n) is 6.80. The SMILES string of the molecule is CNC(c1ccccc1F)C1CCc2ccccc21. The van der Waals surface area contributed by atoms with Gasteiger partial charge in [0, 0.05) is 17.5 Å². The predicted octanol–water partition coefficient (Wildman–Crippen LogP) is 3.82. The van der Waals surface area contributed by atoms with Crippen molar-refractivity contribution in [2.75, 3.05) is 7.05 Å². The van der Waals surface area contributed by atoms with Crippen LogP contribution in [0.15, 0.2) is 48.5 Å². The molecule has 2 aromatic rings. The molecule has 0 heterocycles. The Balaban J connectivity index is 1.99. The molecule has 2 atom stereocenters. The van der Waals surface area contributed by atoms with E-state index >= 15 is 0 Å². The van der Waals surface area contributed by atoms with Crippen molar-refractivity contribution >= 4 is 0 Å². The summed E-state index contributed by atoms with van der Waals surface area (Å²) in [6, 6.07) is 15.6. The predicted molar refractivity (Wildman–Crippen MR) is 75.7 cm³/mol. The third-order valence-corrected chi connectivity index (χ3v) is 4.13. The number of benzene rings is 2. The van der Waals surface area contributed by atoms with E-state index in [0.717, 1.165) is 18.4 Å². The van der Waals surface area contributed by atoms with E-state index in [0.29, 0.717) is 5.92 Å². The molecule has 0 saturated heterocycles. The molecule has 0 aliphatic heterocycles. The molecule has 0 radical (unpaired) electrons. The van der Waals surface area contributed by atoms with Gasteiger partial charge in [0.2, 0.25) is 0 Å². The highest BCUT2D eigenvalue weighted by atomic mass is 19.1. The van der Waals surface area contributed by atoms with Crippen LogP contribution in [0, 0.1) is 5.82 Å². The fourth-order valence-corrected chi connectivity index (χ4v) is 3.24. The van der Waals surface area contributed by atoms with Crippen molar-refractivity contribution in [1.29, 1.82) is 0 Å². The van der Waals surface area contributed by atoms with Crippen molar-refractivity contribution in [3.63, 3.8) is 0 Å². The second-order valence-electron chi connectivity index (χ2n) is 5.13. The van der Waals surface area contributed by atoms with Crippen LogP contribution in [-0.4, -0.2) is 7.05 Å². The number of rotatable bonds is 3. The van der Waals surface area contributed by atoms with Crippen molar-refractivity contribution in [1.82, 2.24) is 5.32 Å². The number of nitrogens with one attached hydrogen (secondary N) is 1. The van der Waals surface area contributed by atoms with Crippen LogP contribution < -0.4 is 5.32 Å². The van der Waals surface area contributed by atoms with E-state index in [-0.39, 0.29) is 11.9 Å². The Kier molecular flexibility index (Phi) is 3.34. The second kappa shape index (κ2) is 5.14. The molecule has 1 aliphatic carbocycles. The standard InChI is InChI=1S/C17H18FN/c1-19-17(15-8-4-5-9-16(15)18)14-11-10-12-6-2-3-7-13(12)14/h2-9,14,17,19H,10-11H2,1H3. The number of fused-ring (bicyclic) bond motifs is 1. The first-order valence-corrected chi connectivity index (χ1v) is 6.80. The summed E-state index contributed by atoms with van der Waals surface area (Å²) in [6.07, 6.45) is 2.17. The van der Waals surface area contributed by atoms with Gasteiger partial charge in [-0.25, -0.2) is 4.39 Å². The Bertz CT molecular complexity index is 579. The van der Waals surface area contributed by atoms with Crippen LogP contribution in [0.3, 0.4) is 0 Å². The quantitative estimate of drug-likeness (QED) is 0.879. The average molecular weight is 255 g/mol. The number of aryl methyl sites for hydroxylation is 1. The minimum Gasteiger partial charge on any atom is -0.312 e. The number of hydrogen-bond acceptors (Lipinski definition) is 1. The van der Waals surface area contributed by atoms with Gasteiger partial charge < -0.3 is 5.32 Å². The lowest BCUT2D eigenvalue weighted by Crippen LogP contribution is -2.23. The van der Waals surface area contributed by atoms with Crippen molar-refractivity contribution in [2.24, 2.45) is 0 Å². The normalized spacial score (nSPS) is 19.2. The summed E-state index contributed by atoms with van der Waals surface area (Å²) in [5, 5.41) is 3.30. The highest BCUT2D eigenvalue weighted by Gasteiger charge is 2.30.